The lowest BCUT2D eigenvalue weighted by Crippen LogP contribution is -2.41. The fourth-order valence-corrected chi connectivity index (χ4v) is 5.21. The maximum Gasteiger partial charge on any atom is 0.249 e. The van der Waals surface area contributed by atoms with Gasteiger partial charge in [-0.25, -0.2) is 0 Å². The Morgan fingerprint density at radius 2 is 1.89 bits per heavy atom. The third kappa shape index (κ3) is 5.28. The summed E-state index contributed by atoms with van der Waals surface area (Å²) in [6.07, 6.45) is 0.606. The van der Waals surface area contributed by atoms with Gasteiger partial charge in [-0.3, -0.25) is 9.59 Å². The highest BCUT2D eigenvalue weighted by Gasteiger charge is 2.34. The quantitative estimate of drug-likeness (QED) is 0.288. The van der Waals surface area contributed by atoms with E-state index in [2.05, 4.69) is 0 Å². The Labute approximate surface area is 222 Å². The van der Waals surface area contributed by atoms with Crippen molar-refractivity contribution < 1.29 is 13.9 Å². The van der Waals surface area contributed by atoms with Crippen molar-refractivity contribution in [3.8, 4) is 11.1 Å². The molecular weight excluding hydrogens is 488 g/mol. The molecule has 2 N–H and O–H groups in total. The number of carbonyl (C=O) groups is 1. The van der Waals surface area contributed by atoms with Crippen LogP contribution in [0.3, 0.4) is 0 Å². The number of benzene rings is 3. The summed E-state index contributed by atoms with van der Waals surface area (Å²) < 4.78 is 11.8. The van der Waals surface area contributed by atoms with E-state index in [4.69, 9.17) is 26.5 Å². The molecule has 1 heterocycles. The minimum atomic E-state index is -0.517. The number of hydrogen-bond donors (Lipinski definition) is 1. The van der Waals surface area contributed by atoms with Gasteiger partial charge in [0.1, 0.15) is 18.0 Å². The molecule has 0 spiro atoms. The van der Waals surface area contributed by atoms with Crippen LogP contribution < -0.4 is 11.2 Å². The first-order valence-corrected chi connectivity index (χ1v) is 12.9. The normalized spacial score (nSPS) is 12.4. The fourth-order valence-electron chi connectivity index (χ4n) is 5.04. The fraction of sp³-hybridized carbons (Fsp3) is 0.333. The lowest BCUT2D eigenvalue weighted by atomic mass is 9.89. The van der Waals surface area contributed by atoms with E-state index in [1.807, 2.05) is 69.3 Å². The lowest BCUT2D eigenvalue weighted by Gasteiger charge is -2.35. The molecule has 37 heavy (non-hydrogen) atoms. The minimum absolute atomic E-state index is 0.0682. The molecule has 1 unspecified atom stereocenters. The van der Waals surface area contributed by atoms with Gasteiger partial charge in [-0.05, 0) is 65.9 Å². The van der Waals surface area contributed by atoms with E-state index in [1.54, 1.807) is 11.0 Å². The molecule has 4 rings (SSSR count). The molecule has 1 aromatic heterocycles. The number of ether oxygens (including phenoxy) is 1. The number of nitrogens with zero attached hydrogens (tertiary/aromatic N) is 1. The Kier molecular flexibility index (Phi) is 8.32. The number of amides is 1. The summed E-state index contributed by atoms with van der Waals surface area (Å²) in [4.78, 5) is 29.4. The van der Waals surface area contributed by atoms with Crippen LogP contribution in [0.4, 0.5) is 0 Å². The molecule has 0 saturated heterocycles. The molecule has 7 heteroatoms. The molecule has 0 radical (unpaired) electrons. The number of carbonyl (C=O) groups excluding carboxylic acids is 1. The van der Waals surface area contributed by atoms with Gasteiger partial charge in [-0.2, -0.15) is 0 Å². The van der Waals surface area contributed by atoms with E-state index in [1.165, 1.54) is 7.11 Å². The Balaban J connectivity index is 2.11. The van der Waals surface area contributed by atoms with Gasteiger partial charge in [0, 0.05) is 18.7 Å². The number of nitrogens with two attached hydrogens (primary N) is 1. The van der Waals surface area contributed by atoms with E-state index < -0.39 is 6.04 Å². The van der Waals surface area contributed by atoms with Crippen LogP contribution in [0.25, 0.3) is 32.9 Å². The zero-order valence-electron chi connectivity index (χ0n) is 21.7. The van der Waals surface area contributed by atoms with Crippen molar-refractivity contribution in [2.45, 2.75) is 33.2 Å². The predicted molar refractivity (Wildman–Crippen MR) is 150 cm³/mol. The van der Waals surface area contributed by atoms with Crippen molar-refractivity contribution in [3.05, 3.63) is 81.2 Å². The first-order chi connectivity index (χ1) is 17.8. The van der Waals surface area contributed by atoms with Crippen molar-refractivity contribution in [3.63, 3.8) is 0 Å². The second-order valence-electron chi connectivity index (χ2n) is 9.64. The highest BCUT2D eigenvalue weighted by molar-refractivity contribution is 6.31. The van der Waals surface area contributed by atoms with Crippen molar-refractivity contribution in [1.29, 1.82) is 0 Å². The lowest BCUT2D eigenvalue weighted by molar-refractivity contribution is -0.139. The van der Waals surface area contributed by atoms with Crippen molar-refractivity contribution in [2.75, 3.05) is 26.8 Å². The molecule has 194 valence electrons. The van der Waals surface area contributed by atoms with E-state index in [9.17, 15) is 9.59 Å². The molecule has 1 amide bonds. The molecule has 0 saturated carbocycles. The van der Waals surface area contributed by atoms with E-state index in [-0.39, 0.29) is 23.9 Å². The molecule has 0 aliphatic rings. The van der Waals surface area contributed by atoms with Gasteiger partial charge < -0.3 is 19.8 Å². The number of hydrogen-bond acceptors (Lipinski definition) is 5. The largest absolute Gasteiger partial charge is 0.458 e. The maximum atomic E-state index is 14.3. The SMILES string of the molecule is COCC(=O)N(CCCN)C(c1oc2cccc(C)c2c(=O)c1-c1cccc2ccc(Cl)cc12)C(C)C. The first-order valence-electron chi connectivity index (χ1n) is 12.5. The van der Waals surface area contributed by atoms with E-state index in [0.717, 1.165) is 21.9 Å². The third-order valence-electron chi connectivity index (χ3n) is 6.70. The molecule has 0 aliphatic carbocycles. The van der Waals surface area contributed by atoms with Crippen LogP contribution in [0.5, 0.6) is 0 Å². The molecule has 1 atom stereocenters. The summed E-state index contributed by atoms with van der Waals surface area (Å²) in [5, 5.41) is 2.90. The third-order valence-corrected chi connectivity index (χ3v) is 6.93. The highest BCUT2D eigenvalue weighted by atomic mass is 35.5. The molecule has 0 fully saturated rings. The summed E-state index contributed by atoms with van der Waals surface area (Å²) in [7, 11) is 1.49. The number of methoxy groups -OCH3 is 1. The molecule has 4 aromatic rings. The average molecular weight is 521 g/mol. The van der Waals surface area contributed by atoms with E-state index >= 15 is 0 Å². The first kappa shape index (κ1) is 26.9. The van der Waals surface area contributed by atoms with Gasteiger partial charge in [0.25, 0.3) is 0 Å². The van der Waals surface area contributed by atoms with Gasteiger partial charge in [-0.15, -0.1) is 0 Å². The summed E-state index contributed by atoms with van der Waals surface area (Å²) in [5.41, 5.74) is 8.17. The van der Waals surface area contributed by atoms with Crippen molar-refractivity contribution in [2.24, 2.45) is 11.7 Å². The van der Waals surface area contributed by atoms with Crippen LogP contribution in [0, 0.1) is 12.8 Å². The Morgan fingerprint density at radius 3 is 2.59 bits per heavy atom. The topological polar surface area (TPSA) is 85.8 Å². The average Bonchev–Trinajstić information content (AvgIpc) is 2.86. The van der Waals surface area contributed by atoms with Gasteiger partial charge in [0.15, 0.2) is 0 Å². The second kappa shape index (κ2) is 11.5. The maximum absolute atomic E-state index is 14.3. The van der Waals surface area contributed by atoms with Crippen LogP contribution in [0.1, 0.15) is 37.6 Å². The Bertz CT molecular complexity index is 1490. The second-order valence-corrected chi connectivity index (χ2v) is 10.1. The van der Waals surface area contributed by atoms with Crippen molar-refractivity contribution in [1.82, 2.24) is 4.90 Å². The standard InChI is InChI=1S/C30H33ClN2O4/c1-18(2)28(33(15-7-14-32)25(34)17-36-4)30-27(29(35)26-19(3)8-5-11-24(26)37-30)22-10-6-9-20-12-13-21(31)16-23(20)22/h5-6,8-13,16,18,28H,7,14-15,17,32H2,1-4H3. The van der Waals surface area contributed by atoms with Gasteiger partial charge in [-0.1, -0.05) is 61.8 Å². The summed E-state index contributed by atoms with van der Waals surface area (Å²) >= 11 is 6.39. The Hall–Kier alpha value is -3.19. The zero-order valence-corrected chi connectivity index (χ0v) is 22.5. The summed E-state index contributed by atoms with van der Waals surface area (Å²) in [5.74, 6) is 0.196. The zero-order chi connectivity index (χ0) is 26.7. The number of rotatable bonds is 9. The Morgan fingerprint density at radius 1 is 1.14 bits per heavy atom. The van der Waals surface area contributed by atoms with Gasteiger partial charge in [0.2, 0.25) is 11.3 Å². The van der Waals surface area contributed by atoms with Gasteiger partial charge in [0.05, 0.1) is 17.0 Å². The predicted octanol–water partition coefficient (Wildman–Crippen LogP) is 6.10. The number of aryl methyl sites for hydroxylation is 1. The minimum Gasteiger partial charge on any atom is -0.458 e. The van der Waals surface area contributed by atoms with Crippen LogP contribution >= 0.6 is 11.6 Å². The summed E-state index contributed by atoms with van der Waals surface area (Å²) in [6, 6.07) is 16.5. The van der Waals surface area contributed by atoms with Crippen molar-refractivity contribution >= 4 is 39.2 Å². The number of halogens is 1. The molecule has 0 bridgehead atoms. The number of fused-ring (bicyclic) bond motifs is 2. The highest BCUT2D eigenvalue weighted by Crippen LogP contribution is 2.39. The molecular formula is C30H33ClN2O4. The monoisotopic (exact) mass is 520 g/mol. The van der Waals surface area contributed by atoms with E-state index in [0.29, 0.717) is 46.8 Å². The van der Waals surface area contributed by atoms with Crippen LogP contribution in [0.15, 0.2) is 63.8 Å². The molecule has 3 aromatic carbocycles. The summed E-state index contributed by atoms with van der Waals surface area (Å²) in [6.45, 7) is 6.70. The van der Waals surface area contributed by atoms with Crippen LogP contribution in [-0.4, -0.2) is 37.6 Å². The molecule has 0 aliphatic heterocycles. The van der Waals surface area contributed by atoms with Crippen LogP contribution in [-0.2, 0) is 9.53 Å². The molecule has 6 nitrogen and oxygen atoms in total. The van der Waals surface area contributed by atoms with Crippen LogP contribution in [0.2, 0.25) is 5.02 Å². The van der Waals surface area contributed by atoms with Gasteiger partial charge >= 0.3 is 0 Å². The smallest absolute Gasteiger partial charge is 0.249 e.